The van der Waals surface area contributed by atoms with Gasteiger partial charge in [-0.05, 0) is 43.3 Å². The molecule has 0 saturated heterocycles. The van der Waals surface area contributed by atoms with Crippen molar-refractivity contribution in [2.24, 2.45) is 0 Å². The van der Waals surface area contributed by atoms with Crippen molar-refractivity contribution in [2.45, 2.75) is 6.92 Å². The van der Waals surface area contributed by atoms with E-state index in [2.05, 4.69) is 97.6 Å². The number of rotatable bonds is 7. The van der Waals surface area contributed by atoms with Gasteiger partial charge in [-0.3, -0.25) is 0 Å². The van der Waals surface area contributed by atoms with Crippen LogP contribution < -0.4 is 15.9 Å². The summed E-state index contributed by atoms with van der Waals surface area (Å²) in [6.45, 7) is 6.87. The number of hydrogen-bond donors (Lipinski definition) is 0. The first-order chi connectivity index (χ1) is 12.3. The summed E-state index contributed by atoms with van der Waals surface area (Å²) in [5, 5.41) is 4.06. The Balaban J connectivity index is 2.26. The van der Waals surface area contributed by atoms with Gasteiger partial charge in [0.25, 0.3) is 0 Å². The molecule has 3 aromatic rings. The molecule has 1 nitrogen and oxygen atoms in total. The maximum absolute atomic E-state index is 5.80. The lowest BCUT2D eigenvalue weighted by Crippen LogP contribution is -2.34. The van der Waals surface area contributed by atoms with Gasteiger partial charge < -0.3 is 4.74 Å². The van der Waals surface area contributed by atoms with E-state index in [1.54, 1.807) is 0 Å². The second-order valence-electron chi connectivity index (χ2n) is 5.95. The van der Waals surface area contributed by atoms with Gasteiger partial charge in [0.05, 0.1) is 6.61 Å². The molecule has 0 bridgehead atoms. The summed E-state index contributed by atoms with van der Waals surface area (Å²) in [4.78, 5) is 0. The fourth-order valence-electron chi connectivity index (χ4n) is 3.28. The highest BCUT2D eigenvalue weighted by molar-refractivity contribution is 7.95. The molecule has 0 unspecified atom stereocenters. The molecule has 0 spiro atoms. The quantitative estimate of drug-likeness (QED) is 0.451. The first-order valence-corrected chi connectivity index (χ1v) is 10.6. The van der Waals surface area contributed by atoms with Gasteiger partial charge in [0.1, 0.15) is 35.1 Å². The van der Waals surface area contributed by atoms with Crippen LogP contribution in [-0.4, -0.2) is 12.8 Å². The zero-order valence-electron chi connectivity index (χ0n) is 14.6. The third-order valence-electron chi connectivity index (χ3n) is 4.35. The lowest BCUT2D eigenvalue weighted by molar-refractivity contribution is 0.234. The molecule has 0 saturated carbocycles. The van der Waals surface area contributed by atoms with E-state index in [-0.39, 0.29) is 0 Å². The molecule has 0 radical (unpaired) electrons. The molecule has 2 heteroatoms. The molecule has 0 fully saturated rings. The molecule has 0 amide bonds. The molecular formula is C23H24OP+. The lowest BCUT2D eigenvalue weighted by atomic mass is 10.4. The fraction of sp³-hybridized carbons (Fsp3) is 0.130. The molecule has 3 rings (SSSR count). The Labute approximate surface area is 151 Å². The zero-order valence-corrected chi connectivity index (χ0v) is 15.5. The minimum Gasteiger partial charge on any atom is -0.495 e. The molecule has 0 aromatic heterocycles. The molecule has 0 aliphatic rings. The highest BCUT2D eigenvalue weighted by Gasteiger charge is 2.46. The SMILES string of the molecule is C=C(C[P+](c1ccccc1)(c1ccccc1)c1ccccc1)OCC. The van der Waals surface area contributed by atoms with Gasteiger partial charge in [0.15, 0.2) is 0 Å². The number of benzene rings is 3. The van der Waals surface area contributed by atoms with Crippen LogP contribution in [0.5, 0.6) is 0 Å². The monoisotopic (exact) mass is 347 g/mol. The number of allylic oxidation sites excluding steroid dienone is 1. The maximum atomic E-state index is 5.80. The summed E-state index contributed by atoms with van der Waals surface area (Å²) < 4.78 is 5.80. The van der Waals surface area contributed by atoms with Crippen LogP contribution in [0.2, 0.25) is 0 Å². The predicted octanol–water partition coefficient (Wildman–Crippen LogP) is 4.53. The highest BCUT2D eigenvalue weighted by atomic mass is 31.2. The Morgan fingerprint density at radius 1 is 0.720 bits per heavy atom. The third kappa shape index (κ3) is 3.67. The normalized spacial score (nSPS) is 11.1. The van der Waals surface area contributed by atoms with E-state index in [4.69, 9.17) is 4.74 Å². The second kappa shape index (κ2) is 8.14. The van der Waals surface area contributed by atoms with Crippen molar-refractivity contribution >= 4 is 23.2 Å². The molecule has 0 aliphatic heterocycles. The highest BCUT2D eigenvalue weighted by Crippen LogP contribution is 2.56. The third-order valence-corrected chi connectivity index (χ3v) is 8.72. The molecule has 25 heavy (non-hydrogen) atoms. The van der Waals surface area contributed by atoms with Gasteiger partial charge in [-0.2, -0.15) is 0 Å². The second-order valence-corrected chi connectivity index (χ2v) is 9.43. The van der Waals surface area contributed by atoms with Gasteiger partial charge in [-0.25, -0.2) is 0 Å². The van der Waals surface area contributed by atoms with E-state index in [1.807, 2.05) is 6.92 Å². The van der Waals surface area contributed by atoms with Crippen molar-refractivity contribution < 1.29 is 4.74 Å². The Morgan fingerprint density at radius 3 is 1.40 bits per heavy atom. The van der Waals surface area contributed by atoms with E-state index >= 15 is 0 Å². The minimum absolute atomic E-state index is 0.650. The van der Waals surface area contributed by atoms with E-state index < -0.39 is 7.26 Å². The fourth-order valence-corrected chi connectivity index (χ4v) is 7.39. The molecule has 0 atom stereocenters. The minimum atomic E-state index is -1.86. The van der Waals surface area contributed by atoms with Crippen LogP contribution >= 0.6 is 7.26 Å². The average Bonchev–Trinajstić information content (AvgIpc) is 2.68. The van der Waals surface area contributed by atoms with E-state index in [0.29, 0.717) is 6.61 Å². The van der Waals surface area contributed by atoms with Crippen molar-refractivity contribution in [3.8, 4) is 0 Å². The number of hydrogen-bond acceptors (Lipinski definition) is 1. The van der Waals surface area contributed by atoms with Crippen LogP contribution in [0.25, 0.3) is 0 Å². The summed E-state index contributed by atoms with van der Waals surface area (Å²) >= 11 is 0. The van der Waals surface area contributed by atoms with Crippen LogP contribution in [0.4, 0.5) is 0 Å². The Morgan fingerprint density at radius 2 is 1.08 bits per heavy atom. The summed E-state index contributed by atoms with van der Waals surface area (Å²) in [6.07, 6.45) is 0.818. The maximum Gasteiger partial charge on any atom is 0.130 e. The predicted molar refractivity (Wildman–Crippen MR) is 111 cm³/mol. The first-order valence-electron chi connectivity index (χ1n) is 8.63. The summed E-state index contributed by atoms with van der Waals surface area (Å²) in [5.41, 5.74) is 0. The van der Waals surface area contributed by atoms with Crippen molar-refractivity contribution in [3.05, 3.63) is 103 Å². The Bertz CT molecular complexity index is 701. The zero-order chi connectivity index (χ0) is 17.5. The molecule has 0 N–H and O–H groups in total. The Kier molecular flexibility index (Phi) is 5.68. The topological polar surface area (TPSA) is 9.23 Å². The molecule has 0 aliphatic carbocycles. The van der Waals surface area contributed by atoms with Crippen LogP contribution in [0, 0.1) is 0 Å². The standard InChI is InChI=1S/C23H24OP/c1-3-24-20(2)19-25(21-13-7-4-8-14-21,22-15-9-5-10-16-22)23-17-11-6-12-18-23/h4-18H,2-3,19H2,1H3/q+1. The van der Waals surface area contributed by atoms with Crippen molar-refractivity contribution in [1.29, 1.82) is 0 Å². The molecule has 0 heterocycles. The van der Waals surface area contributed by atoms with Crippen molar-refractivity contribution in [2.75, 3.05) is 12.8 Å². The largest absolute Gasteiger partial charge is 0.495 e. The summed E-state index contributed by atoms with van der Waals surface area (Å²) in [5.74, 6) is 0.854. The average molecular weight is 347 g/mol. The lowest BCUT2D eigenvalue weighted by Gasteiger charge is -2.28. The van der Waals surface area contributed by atoms with Gasteiger partial charge in [-0.1, -0.05) is 61.2 Å². The van der Waals surface area contributed by atoms with E-state index in [9.17, 15) is 0 Å². The van der Waals surface area contributed by atoms with Gasteiger partial charge in [0.2, 0.25) is 0 Å². The van der Waals surface area contributed by atoms with Crippen LogP contribution in [0.15, 0.2) is 103 Å². The van der Waals surface area contributed by atoms with Crippen LogP contribution in [0.1, 0.15) is 6.92 Å². The van der Waals surface area contributed by atoms with Crippen LogP contribution in [0.3, 0.4) is 0 Å². The molecule has 126 valence electrons. The van der Waals surface area contributed by atoms with E-state index in [0.717, 1.165) is 11.9 Å². The summed E-state index contributed by atoms with van der Waals surface area (Å²) in [6, 6.07) is 32.4. The van der Waals surface area contributed by atoms with Crippen molar-refractivity contribution in [1.82, 2.24) is 0 Å². The smallest absolute Gasteiger partial charge is 0.130 e. The Hall–Kier alpha value is -2.37. The molecular weight excluding hydrogens is 323 g/mol. The van der Waals surface area contributed by atoms with Crippen LogP contribution in [-0.2, 0) is 4.74 Å². The van der Waals surface area contributed by atoms with E-state index in [1.165, 1.54) is 15.9 Å². The van der Waals surface area contributed by atoms with Gasteiger partial charge in [-0.15, -0.1) is 0 Å². The van der Waals surface area contributed by atoms with Gasteiger partial charge >= 0.3 is 0 Å². The molecule has 3 aromatic carbocycles. The first kappa shape index (κ1) is 17.5. The summed E-state index contributed by atoms with van der Waals surface area (Å²) in [7, 11) is -1.86. The number of ether oxygens (including phenoxy) is 1. The van der Waals surface area contributed by atoms with Gasteiger partial charge in [0, 0.05) is 0 Å². The van der Waals surface area contributed by atoms with Crippen molar-refractivity contribution in [3.63, 3.8) is 0 Å².